The number of carbonyl (C=O) groups is 1. The number of hydrogen-bond donors (Lipinski definition) is 0. The fraction of sp³-hybridized carbons (Fsp3) is 0.600. The van der Waals surface area contributed by atoms with Gasteiger partial charge in [-0.2, -0.15) is 4.40 Å². The molecular formula is C20H24F3NO5S. The average Bonchev–Trinajstić information content (AvgIpc) is 3.41. The average molecular weight is 447 g/mol. The number of halogens is 3. The minimum atomic E-state index is -4.85. The summed E-state index contributed by atoms with van der Waals surface area (Å²) in [7, 11) is -1.59. The minimum Gasteiger partial charge on any atom is -0.488 e. The first kappa shape index (κ1) is 22.6. The van der Waals surface area contributed by atoms with Gasteiger partial charge in [-0.25, -0.2) is 4.21 Å². The Labute approximate surface area is 175 Å². The molecule has 0 N–H and O–H groups in total. The van der Waals surface area contributed by atoms with Gasteiger partial charge in [-0.3, -0.25) is 4.79 Å². The van der Waals surface area contributed by atoms with E-state index in [9.17, 15) is 22.2 Å². The highest BCUT2D eigenvalue weighted by Gasteiger charge is 2.59. The maximum Gasteiger partial charge on any atom is 0.573 e. The monoisotopic (exact) mass is 447 g/mol. The zero-order valence-corrected chi connectivity index (χ0v) is 18.0. The Bertz CT molecular complexity index is 887. The Kier molecular flexibility index (Phi) is 5.92. The first-order valence-corrected chi connectivity index (χ1v) is 10.7. The molecule has 1 fully saturated rings. The molecular weight excluding hydrogens is 423 g/mol. The van der Waals surface area contributed by atoms with Crippen molar-refractivity contribution in [3.05, 3.63) is 23.8 Å². The van der Waals surface area contributed by atoms with Crippen molar-refractivity contribution < 1.29 is 36.4 Å². The first-order valence-electron chi connectivity index (χ1n) is 9.59. The van der Waals surface area contributed by atoms with E-state index in [2.05, 4.69) is 9.13 Å². The van der Waals surface area contributed by atoms with Crippen LogP contribution in [0.2, 0.25) is 0 Å². The highest BCUT2D eigenvalue weighted by molar-refractivity contribution is 7.85. The maximum atomic E-state index is 12.6. The second kappa shape index (κ2) is 7.86. The fourth-order valence-corrected chi connectivity index (χ4v) is 3.86. The predicted octanol–water partition coefficient (Wildman–Crippen LogP) is 4.33. The normalized spacial score (nSPS) is 22.6. The van der Waals surface area contributed by atoms with Crippen LogP contribution in [-0.2, 0) is 20.5 Å². The fourth-order valence-electron chi connectivity index (χ4n) is 3.21. The van der Waals surface area contributed by atoms with E-state index in [1.165, 1.54) is 6.07 Å². The third kappa shape index (κ3) is 4.79. The quantitative estimate of drug-likeness (QED) is 0.628. The van der Waals surface area contributed by atoms with Crippen LogP contribution in [0.4, 0.5) is 13.2 Å². The smallest absolute Gasteiger partial charge is 0.488 e. The number of hydrogen-bond acceptors (Lipinski definition) is 5. The molecule has 0 spiro atoms. The lowest BCUT2D eigenvalue weighted by Crippen LogP contribution is -2.41. The van der Waals surface area contributed by atoms with Crippen molar-refractivity contribution >= 4 is 22.7 Å². The van der Waals surface area contributed by atoms with E-state index in [0.29, 0.717) is 24.1 Å². The molecule has 0 bridgehead atoms. The van der Waals surface area contributed by atoms with Gasteiger partial charge >= 0.3 is 12.3 Å². The molecule has 0 saturated heterocycles. The van der Waals surface area contributed by atoms with Crippen LogP contribution in [0.5, 0.6) is 11.5 Å². The van der Waals surface area contributed by atoms with E-state index in [-0.39, 0.29) is 18.8 Å². The van der Waals surface area contributed by atoms with Crippen molar-refractivity contribution in [3.63, 3.8) is 0 Å². The van der Waals surface area contributed by atoms with Crippen molar-refractivity contribution in [2.75, 3.05) is 6.61 Å². The molecule has 1 heterocycles. The van der Waals surface area contributed by atoms with E-state index in [0.717, 1.165) is 12.1 Å². The summed E-state index contributed by atoms with van der Waals surface area (Å²) in [5.41, 5.74) is -0.0276. The second-order valence-corrected chi connectivity index (χ2v) is 10.2. The number of alkyl halides is 3. The number of ether oxygens (including phenoxy) is 3. The molecule has 0 amide bonds. The first-order chi connectivity index (χ1) is 13.9. The van der Waals surface area contributed by atoms with Crippen LogP contribution in [0.15, 0.2) is 22.6 Å². The van der Waals surface area contributed by atoms with E-state index in [1.54, 1.807) is 27.7 Å². The maximum absolute atomic E-state index is 12.6. The third-order valence-electron chi connectivity index (χ3n) is 4.95. The zero-order chi connectivity index (χ0) is 22.3. The van der Waals surface area contributed by atoms with Crippen LogP contribution >= 0.6 is 0 Å². The molecule has 2 atom stereocenters. The predicted molar refractivity (Wildman–Crippen MR) is 105 cm³/mol. The number of nitrogens with zero attached hydrogens (tertiary/aromatic N) is 1. The third-order valence-corrected chi connectivity index (χ3v) is 6.38. The Morgan fingerprint density at radius 2 is 1.97 bits per heavy atom. The number of fused-ring (bicyclic) bond motifs is 1. The van der Waals surface area contributed by atoms with Crippen molar-refractivity contribution in [3.8, 4) is 11.5 Å². The van der Waals surface area contributed by atoms with Gasteiger partial charge in [0.1, 0.15) is 34.0 Å². The summed E-state index contributed by atoms with van der Waals surface area (Å²) in [6, 6.07) is 3.67. The van der Waals surface area contributed by atoms with E-state index in [4.69, 9.17) is 9.47 Å². The van der Waals surface area contributed by atoms with Gasteiger partial charge in [-0.05, 0) is 52.7 Å². The van der Waals surface area contributed by atoms with E-state index >= 15 is 0 Å². The largest absolute Gasteiger partial charge is 0.573 e. The number of rotatable bonds is 5. The van der Waals surface area contributed by atoms with Gasteiger partial charge in [0, 0.05) is 18.1 Å². The summed E-state index contributed by atoms with van der Waals surface area (Å²) >= 11 is 0. The summed E-state index contributed by atoms with van der Waals surface area (Å²) in [5, 5.41) is 0. The van der Waals surface area contributed by atoms with Crippen molar-refractivity contribution in [1.82, 2.24) is 0 Å². The second-order valence-electron chi connectivity index (χ2n) is 8.29. The van der Waals surface area contributed by atoms with Gasteiger partial charge in [0.05, 0.1) is 17.1 Å². The lowest BCUT2D eigenvalue weighted by Gasteiger charge is -2.32. The van der Waals surface area contributed by atoms with Gasteiger partial charge in [0.15, 0.2) is 0 Å². The molecule has 0 radical (unpaired) electrons. The van der Waals surface area contributed by atoms with E-state index < -0.39 is 45.3 Å². The van der Waals surface area contributed by atoms with Crippen LogP contribution in [0, 0.1) is 5.41 Å². The van der Waals surface area contributed by atoms with Gasteiger partial charge < -0.3 is 14.2 Å². The van der Waals surface area contributed by atoms with Crippen LogP contribution in [-0.4, -0.2) is 39.7 Å². The molecule has 166 valence electrons. The lowest BCUT2D eigenvalue weighted by molar-refractivity contribution is -0.274. The molecule has 1 aromatic rings. The van der Waals surface area contributed by atoms with Crippen molar-refractivity contribution in [1.29, 1.82) is 0 Å². The van der Waals surface area contributed by atoms with Crippen LogP contribution < -0.4 is 9.47 Å². The molecule has 2 aliphatic rings. The molecule has 1 aliphatic carbocycles. The van der Waals surface area contributed by atoms with Gasteiger partial charge in [0.25, 0.3) is 0 Å². The summed E-state index contributed by atoms with van der Waals surface area (Å²) in [6.07, 6.45) is -4.25. The highest BCUT2D eigenvalue weighted by atomic mass is 32.2. The molecule has 1 aromatic carbocycles. The van der Waals surface area contributed by atoms with Gasteiger partial charge in [0.2, 0.25) is 0 Å². The SMILES string of the molecule is CCOC(=O)C1([C@@H]2CC(=N[S@](=O)C(C)(C)C)c3ccc(OC(F)(F)F)cc3O2)CC1. The Balaban J connectivity index is 2.01. The van der Waals surface area contributed by atoms with Crippen LogP contribution in [0.25, 0.3) is 0 Å². The molecule has 0 unspecified atom stereocenters. The van der Waals surface area contributed by atoms with Crippen molar-refractivity contribution in [2.24, 2.45) is 9.81 Å². The zero-order valence-electron chi connectivity index (χ0n) is 17.2. The number of benzene rings is 1. The van der Waals surface area contributed by atoms with Crippen LogP contribution in [0.3, 0.4) is 0 Å². The molecule has 10 heteroatoms. The molecule has 0 aromatic heterocycles. The Morgan fingerprint density at radius 1 is 1.30 bits per heavy atom. The molecule has 6 nitrogen and oxygen atoms in total. The highest BCUT2D eigenvalue weighted by Crippen LogP contribution is 2.54. The van der Waals surface area contributed by atoms with Crippen molar-refractivity contribution in [2.45, 2.75) is 64.2 Å². The summed E-state index contributed by atoms with van der Waals surface area (Å²) in [6.45, 7) is 7.22. The lowest BCUT2D eigenvalue weighted by atomic mass is 9.89. The van der Waals surface area contributed by atoms with Gasteiger partial charge in [-0.15, -0.1) is 13.2 Å². The topological polar surface area (TPSA) is 74.2 Å². The number of esters is 1. The minimum absolute atomic E-state index is 0.105. The molecule has 1 saturated carbocycles. The molecule has 30 heavy (non-hydrogen) atoms. The summed E-state index contributed by atoms with van der Waals surface area (Å²) in [5.74, 6) is -0.746. The Hall–Kier alpha value is -2.10. The standard InChI is InChI=1S/C20H24F3NO5S/c1-5-27-17(25)19(8-9-19)16-11-14(24-30(26)18(2,3)4)13-7-6-12(10-15(13)28-16)29-20(21,22)23/h6-7,10,16H,5,8-9,11H2,1-4H3/t16-,30+/m0/s1. The molecule has 1 aliphatic heterocycles. The summed E-state index contributed by atoms with van der Waals surface area (Å²) in [4.78, 5) is 12.5. The Morgan fingerprint density at radius 3 is 2.50 bits per heavy atom. The van der Waals surface area contributed by atoms with Crippen LogP contribution in [0.1, 0.15) is 52.5 Å². The summed E-state index contributed by atoms with van der Waals surface area (Å²) < 4.78 is 69.4. The van der Waals surface area contributed by atoms with E-state index in [1.807, 2.05) is 0 Å². The van der Waals surface area contributed by atoms with Gasteiger partial charge in [-0.1, -0.05) is 0 Å². The number of carbonyl (C=O) groups excluding carboxylic acids is 1. The molecule has 3 rings (SSSR count).